The number of fused-ring (bicyclic) bond motifs is 12. The molecule has 1 saturated heterocycles. The van der Waals surface area contributed by atoms with Gasteiger partial charge in [0.25, 0.3) is 0 Å². The number of hydrogen-bond donors (Lipinski definition) is 0. The summed E-state index contributed by atoms with van der Waals surface area (Å²) in [5.74, 6) is 0.700. The average Bonchev–Trinajstić information content (AvgIpc) is 1.57. The van der Waals surface area contributed by atoms with E-state index in [4.69, 9.17) is 30.9 Å². The summed E-state index contributed by atoms with van der Waals surface area (Å²) in [6, 6.07) is 114. The van der Waals surface area contributed by atoms with Gasteiger partial charge in [-0.15, -0.1) is 0 Å². The lowest BCUT2D eigenvalue weighted by Crippen LogP contribution is -2.41. The fourth-order valence-corrected chi connectivity index (χ4v) is 15.6. The highest BCUT2D eigenvalue weighted by Gasteiger charge is 2.52. The van der Waals surface area contributed by atoms with Crippen molar-refractivity contribution < 1.29 is 9.31 Å². The second kappa shape index (κ2) is 27.7. The summed E-state index contributed by atoms with van der Waals surface area (Å²) < 4.78 is 22.1. The van der Waals surface area contributed by atoms with Crippen LogP contribution >= 0.6 is 11.6 Å². The molecule has 526 valence electrons. The minimum absolute atomic E-state index is 0.257. The molecule has 1 aliphatic heterocycles. The van der Waals surface area contributed by atoms with Crippen molar-refractivity contribution in [3.05, 3.63) is 358 Å². The van der Waals surface area contributed by atoms with E-state index >= 15 is 0 Å². The van der Waals surface area contributed by atoms with Gasteiger partial charge >= 0.3 is 7.12 Å². The first-order valence-electron chi connectivity index (χ1n) is 36.9. The molecule has 21 rings (SSSR count). The van der Waals surface area contributed by atoms with Crippen LogP contribution in [0, 0.1) is 0 Å². The molecule has 0 N–H and O–H groups in total. The minimum Gasteiger partial charge on any atom is -0.399 e. The van der Waals surface area contributed by atoms with Gasteiger partial charge in [-0.1, -0.05) is 194 Å². The van der Waals surface area contributed by atoms with Crippen molar-refractivity contribution in [3.63, 3.8) is 0 Å². The molecule has 8 aromatic heterocycles. The number of rotatable bonds is 10. The van der Waals surface area contributed by atoms with Gasteiger partial charge in [0.2, 0.25) is 5.28 Å². The molecule has 110 heavy (non-hydrogen) atoms. The van der Waals surface area contributed by atoms with E-state index in [1.165, 1.54) is 54.5 Å². The Kier molecular flexibility index (Phi) is 16.9. The summed E-state index contributed by atoms with van der Waals surface area (Å²) in [7, 11) is -0.396. The van der Waals surface area contributed by atoms with Gasteiger partial charge in [0.15, 0.2) is 5.82 Å². The third-order valence-electron chi connectivity index (χ3n) is 21.5. The van der Waals surface area contributed by atoms with E-state index in [0.29, 0.717) is 5.82 Å². The summed E-state index contributed by atoms with van der Waals surface area (Å²) in [6.45, 7) is 8.39. The standard InChI is InChI=1S/C45H29N5.C32H29BN2O2.C19H12ClN3/c1-3-11-33(12-4-1)49-28-26-37-41(49)25-23-35-38-29-32(22-24-42(38)50(44(35)37)34-13-5-2-6-14-34)45-47-40-17-8-7-15-36(40)43(48-45)31-20-18-30(19-21-31)39-16-9-10-27-46-39;1-31(2)32(3,4)37-33(36-31)22-15-17-29-27(21-22)25-16-18-28-26(19-20-34(28)23-11-7-5-8-12-23)30(25)35(29)24-13-9-6-10-14-24;20-19-22-17-7-2-1-5-15(17)18(23-19)14-10-8-13(9-11-14)16-6-3-4-12-21-16/h1-29H;5-21H,1-4H3;1-12H. The maximum absolute atomic E-state index is 6.39. The Morgan fingerprint density at radius 2 is 0.709 bits per heavy atom. The van der Waals surface area contributed by atoms with Crippen LogP contribution in [0.4, 0.5) is 0 Å². The molecular weight excluding hydrogens is 1370 g/mol. The molecule has 20 aromatic rings. The fraction of sp³-hybridized carbons (Fsp3) is 0.0625. The lowest BCUT2D eigenvalue weighted by molar-refractivity contribution is 0.00578. The molecule has 12 nitrogen and oxygen atoms in total. The molecule has 1 aliphatic rings. The van der Waals surface area contributed by atoms with Crippen molar-refractivity contribution in [1.82, 2.24) is 48.2 Å². The predicted molar refractivity (Wildman–Crippen MR) is 451 cm³/mol. The van der Waals surface area contributed by atoms with Crippen LogP contribution in [0.25, 0.3) is 166 Å². The molecule has 0 unspecified atom stereocenters. The Labute approximate surface area is 640 Å². The summed E-state index contributed by atoms with van der Waals surface area (Å²) in [5.41, 5.74) is 22.5. The van der Waals surface area contributed by atoms with E-state index in [0.717, 1.165) is 112 Å². The zero-order valence-electron chi connectivity index (χ0n) is 60.7. The van der Waals surface area contributed by atoms with Crippen molar-refractivity contribution in [1.29, 1.82) is 0 Å². The third kappa shape index (κ3) is 12.1. The van der Waals surface area contributed by atoms with E-state index < -0.39 is 7.12 Å². The van der Waals surface area contributed by atoms with Crippen LogP contribution < -0.4 is 5.46 Å². The summed E-state index contributed by atoms with van der Waals surface area (Å²) >= 11 is 6.07. The first-order valence-corrected chi connectivity index (χ1v) is 37.3. The topological polar surface area (TPSA) is 116 Å². The normalized spacial score (nSPS) is 13.2. The van der Waals surface area contributed by atoms with Crippen molar-refractivity contribution >= 4 is 111 Å². The Morgan fingerprint density at radius 1 is 0.309 bits per heavy atom. The maximum Gasteiger partial charge on any atom is 0.494 e. The molecule has 0 spiro atoms. The quantitative estimate of drug-likeness (QED) is 0.0982. The summed E-state index contributed by atoms with van der Waals surface area (Å²) in [5, 5.41) is 9.45. The van der Waals surface area contributed by atoms with E-state index in [1.54, 1.807) is 6.20 Å². The maximum atomic E-state index is 6.39. The van der Waals surface area contributed by atoms with Crippen LogP contribution in [0.15, 0.2) is 352 Å². The fourth-order valence-electron chi connectivity index (χ4n) is 15.4. The van der Waals surface area contributed by atoms with Crippen LogP contribution in [0.5, 0.6) is 0 Å². The number of hydrogen-bond acceptors (Lipinski definition) is 8. The molecule has 0 amide bonds. The van der Waals surface area contributed by atoms with Crippen LogP contribution in [0.2, 0.25) is 5.28 Å². The number of para-hydroxylation sites is 6. The van der Waals surface area contributed by atoms with Gasteiger partial charge < -0.3 is 27.6 Å². The molecular formula is C96H70BClN10O2. The molecule has 14 heteroatoms. The highest BCUT2D eigenvalue weighted by molar-refractivity contribution is 6.62. The SMILES string of the molecule is CC1(C)OB(c2ccc3c(c2)c2ccc4c(ccn4-c4ccccc4)c2n3-c2ccccc2)OC1(C)C.Clc1nc(-c2ccc(-c3ccccn3)cc2)c2ccccc2n1.c1ccc(-n2ccc3c2ccc2c4cc(-c5nc(-c6ccc(-c7ccccn7)cc6)c6ccccc6n5)ccc4n(-c4ccccc4)c23)cc1. The van der Waals surface area contributed by atoms with Crippen molar-refractivity contribution in [2.45, 2.75) is 38.9 Å². The first kappa shape index (κ1) is 67.2. The molecule has 0 aliphatic carbocycles. The number of benzene rings is 12. The molecule has 12 aromatic carbocycles. The Bertz CT molecular complexity index is 6820. The van der Waals surface area contributed by atoms with Gasteiger partial charge in [0, 0.05) is 118 Å². The van der Waals surface area contributed by atoms with Crippen LogP contribution in [-0.2, 0) is 9.31 Å². The van der Waals surface area contributed by atoms with E-state index in [1.807, 2.05) is 103 Å². The highest BCUT2D eigenvalue weighted by Crippen LogP contribution is 2.43. The summed E-state index contributed by atoms with van der Waals surface area (Å²) in [6.07, 6.45) is 7.96. The van der Waals surface area contributed by atoms with Gasteiger partial charge in [-0.05, 0) is 178 Å². The van der Waals surface area contributed by atoms with E-state index in [-0.39, 0.29) is 16.5 Å². The predicted octanol–water partition coefficient (Wildman–Crippen LogP) is 23.1. The van der Waals surface area contributed by atoms with Crippen LogP contribution in [0.3, 0.4) is 0 Å². The van der Waals surface area contributed by atoms with E-state index in [9.17, 15) is 0 Å². The molecule has 0 atom stereocenters. The molecule has 1 fully saturated rings. The number of halogens is 1. The lowest BCUT2D eigenvalue weighted by atomic mass is 9.78. The molecule has 0 saturated carbocycles. The number of nitrogens with zero attached hydrogens (tertiary/aromatic N) is 10. The second-order valence-electron chi connectivity index (χ2n) is 28.6. The smallest absolute Gasteiger partial charge is 0.399 e. The number of pyridine rings is 2. The van der Waals surface area contributed by atoms with Crippen molar-refractivity contribution in [2.24, 2.45) is 0 Å². The lowest BCUT2D eigenvalue weighted by Gasteiger charge is -2.32. The first-order chi connectivity index (χ1) is 53.9. The van der Waals surface area contributed by atoms with Gasteiger partial charge in [-0.2, -0.15) is 0 Å². The number of aromatic nitrogens is 10. The van der Waals surface area contributed by atoms with Crippen LogP contribution in [-0.4, -0.2) is 66.5 Å². The van der Waals surface area contributed by atoms with Crippen LogP contribution in [0.1, 0.15) is 27.7 Å². The van der Waals surface area contributed by atoms with Gasteiger partial charge in [-0.3, -0.25) is 9.97 Å². The van der Waals surface area contributed by atoms with Gasteiger partial charge in [0.05, 0.1) is 78.1 Å². The average molecular weight is 1440 g/mol. The minimum atomic E-state index is -0.396. The molecule has 9 heterocycles. The zero-order chi connectivity index (χ0) is 74.0. The van der Waals surface area contributed by atoms with E-state index in [2.05, 4.69) is 309 Å². The molecule has 0 bridgehead atoms. The Hall–Kier alpha value is -13.4. The Morgan fingerprint density at radius 3 is 1.19 bits per heavy atom. The van der Waals surface area contributed by atoms with Crippen molar-refractivity contribution in [3.8, 4) is 79.2 Å². The van der Waals surface area contributed by atoms with Gasteiger partial charge in [-0.25, -0.2) is 19.9 Å². The largest absolute Gasteiger partial charge is 0.494 e. The third-order valence-corrected chi connectivity index (χ3v) is 21.7. The highest BCUT2D eigenvalue weighted by atomic mass is 35.5. The van der Waals surface area contributed by atoms with Gasteiger partial charge in [0.1, 0.15) is 0 Å². The monoisotopic (exact) mass is 1440 g/mol. The van der Waals surface area contributed by atoms with Crippen molar-refractivity contribution in [2.75, 3.05) is 0 Å². The zero-order valence-corrected chi connectivity index (χ0v) is 61.5. The Balaban J connectivity index is 0.000000120. The second-order valence-corrected chi connectivity index (χ2v) is 29.0. The summed E-state index contributed by atoms with van der Waals surface area (Å²) in [4.78, 5) is 27.9. The molecule has 0 radical (unpaired) electrons.